The number of aromatic carboxylic acids is 1. The van der Waals surface area contributed by atoms with Crippen molar-refractivity contribution in [2.24, 2.45) is 0 Å². The highest BCUT2D eigenvalue weighted by Crippen LogP contribution is 2.23. The van der Waals surface area contributed by atoms with E-state index in [2.05, 4.69) is 4.98 Å². The Hall–Kier alpha value is -2.87. The van der Waals surface area contributed by atoms with Gasteiger partial charge in [0.05, 0.1) is 11.6 Å². The van der Waals surface area contributed by atoms with E-state index in [1.165, 1.54) is 12.3 Å². The lowest BCUT2D eigenvalue weighted by atomic mass is 10.2. The van der Waals surface area contributed by atoms with E-state index in [4.69, 9.17) is 15.1 Å². The molecule has 0 unspecified atom stereocenters. The number of carbonyl (C=O) groups is 1. The minimum Gasteiger partial charge on any atom is -0.476 e. The van der Waals surface area contributed by atoms with Crippen molar-refractivity contribution in [2.45, 2.75) is 0 Å². The second-order valence-electron chi connectivity index (χ2n) is 3.39. The molecule has 88 valence electrons. The van der Waals surface area contributed by atoms with Crippen LogP contribution in [0.25, 0.3) is 0 Å². The molecule has 1 heterocycles. The molecular weight excluding hydrogens is 232 g/mol. The van der Waals surface area contributed by atoms with Gasteiger partial charge in [0, 0.05) is 6.20 Å². The third-order valence-corrected chi connectivity index (χ3v) is 2.18. The maximum Gasteiger partial charge on any atom is 0.358 e. The number of pyridine rings is 1. The Labute approximate surface area is 103 Å². The molecule has 5 heteroatoms. The molecule has 0 amide bonds. The molecule has 1 N–H and O–H groups in total. The number of hydrogen-bond donors (Lipinski definition) is 1. The number of benzene rings is 1. The van der Waals surface area contributed by atoms with Gasteiger partial charge in [0.1, 0.15) is 5.75 Å². The molecule has 0 bridgehead atoms. The molecule has 2 aromatic rings. The monoisotopic (exact) mass is 240 g/mol. The van der Waals surface area contributed by atoms with Crippen LogP contribution in [0.1, 0.15) is 16.1 Å². The highest BCUT2D eigenvalue weighted by Gasteiger charge is 2.12. The van der Waals surface area contributed by atoms with E-state index in [0.717, 1.165) is 0 Å². The fourth-order valence-electron chi connectivity index (χ4n) is 1.36. The van der Waals surface area contributed by atoms with E-state index in [1.807, 2.05) is 6.07 Å². The van der Waals surface area contributed by atoms with Gasteiger partial charge in [-0.25, -0.2) is 9.78 Å². The molecule has 0 spiro atoms. The summed E-state index contributed by atoms with van der Waals surface area (Å²) in [6.45, 7) is 0. The first-order valence-corrected chi connectivity index (χ1v) is 5.07. The second-order valence-corrected chi connectivity index (χ2v) is 3.39. The van der Waals surface area contributed by atoms with Gasteiger partial charge in [0.2, 0.25) is 0 Å². The summed E-state index contributed by atoms with van der Waals surface area (Å²) in [6, 6.07) is 11.5. The van der Waals surface area contributed by atoms with E-state index in [0.29, 0.717) is 11.3 Å². The minimum absolute atomic E-state index is 0.151. The van der Waals surface area contributed by atoms with Crippen LogP contribution in [0, 0.1) is 11.3 Å². The van der Waals surface area contributed by atoms with Gasteiger partial charge in [-0.2, -0.15) is 5.26 Å². The summed E-state index contributed by atoms with van der Waals surface area (Å²) >= 11 is 0. The Morgan fingerprint density at radius 1 is 1.28 bits per heavy atom. The van der Waals surface area contributed by atoms with Crippen molar-refractivity contribution in [1.29, 1.82) is 5.26 Å². The van der Waals surface area contributed by atoms with Crippen LogP contribution < -0.4 is 4.74 Å². The summed E-state index contributed by atoms with van der Waals surface area (Å²) in [6.07, 6.45) is 1.38. The number of hydrogen-bond acceptors (Lipinski definition) is 4. The van der Waals surface area contributed by atoms with Crippen molar-refractivity contribution < 1.29 is 14.6 Å². The van der Waals surface area contributed by atoms with Crippen LogP contribution in [-0.2, 0) is 0 Å². The third kappa shape index (κ3) is 2.44. The summed E-state index contributed by atoms with van der Waals surface area (Å²) < 4.78 is 5.42. The van der Waals surface area contributed by atoms with Crippen molar-refractivity contribution in [3.8, 4) is 17.6 Å². The van der Waals surface area contributed by atoms with Crippen LogP contribution in [-0.4, -0.2) is 16.1 Å². The van der Waals surface area contributed by atoms with E-state index in [-0.39, 0.29) is 11.4 Å². The highest BCUT2D eigenvalue weighted by atomic mass is 16.5. The van der Waals surface area contributed by atoms with Gasteiger partial charge in [-0.05, 0) is 36.4 Å². The number of aromatic nitrogens is 1. The summed E-state index contributed by atoms with van der Waals surface area (Å²) in [7, 11) is 0. The fraction of sp³-hybridized carbons (Fsp3) is 0. The van der Waals surface area contributed by atoms with Gasteiger partial charge in [-0.15, -0.1) is 0 Å². The lowest BCUT2D eigenvalue weighted by molar-refractivity contribution is 0.0687. The second kappa shape index (κ2) is 4.97. The number of carboxylic acid groups (broad SMARTS) is 1. The van der Waals surface area contributed by atoms with Crippen molar-refractivity contribution in [3.05, 3.63) is 53.9 Å². The van der Waals surface area contributed by atoms with E-state index in [9.17, 15) is 4.79 Å². The average Bonchev–Trinajstić information content (AvgIpc) is 2.40. The molecule has 0 aliphatic carbocycles. The topological polar surface area (TPSA) is 83.2 Å². The van der Waals surface area contributed by atoms with Gasteiger partial charge >= 0.3 is 5.97 Å². The molecular formula is C13H8N2O3. The Morgan fingerprint density at radius 2 is 2.00 bits per heavy atom. The molecule has 0 atom stereocenters. The minimum atomic E-state index is -1.15. The van der Waals surface area contributed by atoms with Crippen molar-refractivity contribution in [3.63, 3.8) is 0 Å². The maximum atomic E-state index is 10.9. The van der Waals surface area contributed by atoms with Crippen LogP contribution in [0.2, 0.25) is 0 Å². The molecule has 0 saturated heterocycles. The highest BCUT2D eigenvalue weighted by molar-refractivity contribution is 5.88. The number of carboxylic acids is 1. The van der Waals surface area contributed by atoms with Crippen LogP contribution in [0.3, 0.4) is 0 Å². The standard InChI is InChI=1S/C13H8N2O3/c14-8-9-3-5-10(6-4-9)18-11-2-1-7-15-12(11)13(16)17/h1-7H,(H,16,17). The number of ether oxygens (including phenoxy) is 1. The van der Waals surface area contributed by atoms with E-state index < -0.39 is 5.97 Å². The Kier molecular flexibility index (Phi) is 3.21. The van der Waals surface area contributed by atoms with Crippen LogP contribution >= 0.6 is 0 Å². The summed E-state index contributed by atoms with van der Waals surface area (Å²) in [5.74, 6) is -0.543. The van der Waals surface area contributed by atoms with Gasteiger partial charge in [-0.1, -0.05) is 0 Å². The van der Waals surface area contributed by atoms with Crippen molar-refractivity contribution >= 4 is 5.97 Å². The Balaban J connectivity index is 2.28. The summed E-state index contributed by atoms with van der Waals surface area (Å²) in [5, 5.41) is 17.6. The fourth-order valence-corrected chi connectivity index (χ4v) is 1.36. The summed E-state index contributed by atoms with van der Waals surface area (Å²) in [5.41, 5.74) is 0.355. The molecule has 0 saturated carbocycles. The molecule has 1 aromatic heterocycles. The smallest absolute Gasteiger partial charge is 0.358 e. The molecule has 5 nitrogen and oxygen atoms in total. The molecule has 0 fully saturated rings. The van der Waals surface area contributed by atoms with E-state index >= 15 is 0 Å². The molecule has 0 radical (unpaired) electrons. The van der Waals surface area contributed by atoms with Crippen LogP contribution in [0.15, 0.2) is 42.6 Å². The summed E-state index contributed by atoms with van der Waals surface area (Å²) in [4.78, 5) is 14.7. The van der Waals surface area contributed by atoms with E-state index in [1.54, 1.807) is 30.3 Å². The van der Waals surface area contributed by atoms with Crippen molar-refractivity contribution in [1.82, 2.24) is 4.98 Å². The number of nitriles is 1. The van der Waals surface area contributed by atoms with Crippen molar-refractivity contribution in [2.75, 3.05) is 0 Å². The first-order valence-electron chi connectivity index (χ1n) is 5.07. The Bertz CT molecular complexity index is 615. The first kappa shape index (κ1) is 11.6. The zero-order valence-corrected chi connectivity index (χ0v) is 9.20. The average molecular weight is 240 g/mol. The van der Waals surface area contributed by atoms with Gasteiger partial charge < -0.3 is 9.84 Å². The molecule has 2 rings (SSSR count). The molecule has 0 aliphatic heterocycles. The quantitative estimate of drug-likeness (QED) is 0.890. The normalized spacial score (nSPS) is 9.50. The largest absolute Gasteiger partial charge is 0.476 e. The Morgan fingerprint density at radius 3 is 2.61 bits per heavy atom. The van der Waals surface area contributed by atoms with Gasteiger partial charge in [0.25, 0.3) is 0 Å². The lowest BCUT2D eigenvalue weighted by Crippen LogP contribution is -2.02. The third-order valence-electron chi connectivity index (χ3n) is 2.18. The zero-order chi connectivity index (χ0) is 13.0. The number of nitrogens with zero attached hydrogens (tertiary/aromatic N) is 2. The zero-order valence-electron chi connectivity index (χ0n) is 9.20. The van der Waals surface area contributed by atoms with Gasteiger partial charge in [0.15, 0.2) is 11.4 Å². The SMILES string of the molecule is N#Cc1ccc(Oc2cccnc2C(=O)O)cc1. The molecule has 0 aliphatic rings. The number of rotatable bonds is 3. The van der Waals surface area contributed by atoms with Gasteiger partial charge in [-0.3, -0.25) is 0 Å². The first-order chi connectivity index (χ1) is 8.70. The lowest BCUT2D eigenvalue weighted by Gasteiger charge is -2.07. The van der Waals surface area contributed by atoms with Crippen LogP contribution in [0.4, 0.5) is 0 Å². The van der Waals surface area contributed by atoms with Crippen LogP contribution in [0.5, 0.6) is 11.5 Å². The molecule has 1 aromatic carbocycles. The molecule has 18 heavy (non-hydrogen) atoms. The predicted molar refractivity (Wildman–Crippen MR) is 62.4 cm³/mol. The maximum absolute atomic E-state index is 10.9. The predicted octanol–water partition coefficient (Wildman–Crippen LogP) is 2.44.